The van der Waals surface area contributed by atoms with Crippen LogP contribution in [0.4, 0.5) is 0 Å². The summed E-state index contributed by atoms with van der Waals surface area (Å²) < 4.78 is 11.3. The zero-order valence-electron chi connectivity index (χ0n) is 12.5. The summed E-state index contributed by atoms with van der Waals surface area (Å²) in [4.78, 5) is 0. The molecule has 0 heterocycles. The van der Waals surface area contributed by atoms with E-state index < -0.39 is 12.1 Å². The zero-order chi connectivity index (χ0) is 15.3. The van der Waals surface area contributed by atoms with E-state index >= 15 is 0 Å². The number of benzene rings is 1. The summed E-state index contributed by atoms with van der Waals surface area (Å²) in [5, 5.41) is 10.2. The summed E-state index contributed by atoms with van der Waals surface area (Å²) in [6.45, 7) is 4.26. The average molecular weight is 346 g/mol. The fourth-order valence-corrected chi connectivity index (χ4v) is 2.54. The van der Waals surface area contributed by atoms with Gasteiger partial charge in [0.15, 0.2) is 0 Å². The highest BCUT2D eigenvalue weighted by Gasteiger charge is 2.20. The first-order valence-electron chi connectivity index (χ1n) is 6.75. The second-order valence-electron chi connectivity index (χ2n) is 5.30. The Balaban J connectivity index is 2.94. The molecule has 0 aliphatic rings. The van der Waals surface area contributed by atoms with Crippen molar-refractivity contribution in [3.63, 3.8) is 0 Å². The van der Waals surface area contributed by atoms with Gasteiger partial charge in [0.05, 0.1) is 26.4 Å². The predicted molar refractivity (Wildman–Crippen MR) is 84.3 cm³/mol. The summed E-state index contributed by atoms with van der Waals surface area (Å²) in [6.07, 6.45) is 1.05. The van der Waals surface area contributed by atoms with Gasteiger partial charge in [-0.15, -0.1) is 0 Å². The minimum atomic E-state index is -0.576. The number of hydrogen-bond acceptors (Lipinski definition) is 4. The van der Waals surface area contributed by atoms with Gasteiger partial charge in [-0.2, -0.15) is 0 Å². The molecule has 1 rings (SSSR count). The summed E-state index contributed by atoms with van der Waals surface area (Å²) in [5.41, 5.74) is 6.95. The fraction of sp³-hybridized carbons (Fsp3) is 0.600. The van der Waals surface area contributed by atoms with Crippen molar-refractivity contribution in [3.8, 4) is 11.5 Å². The molecule has 0 unspecified atom stereocenters. The topological polar surface area (TPSA) is 64.7 Å². The largest absolute Gasteiger partial charge is 0.495 e. The first-order valence-corrected chi connectivity index (χ1v) is 7.55. The van der Waals surface area contributed by atoms with Gasteiger partial charge >= 0.3 is 0 Å². The van der Waals surface area contributed by atoms with E-state index in [2.05, 4.69) is 29.8 Å². The van der Waals surface area contributed by atoms with Crippen molar-refractivity contribution in [3.05, 3.63) is 22.2 Å². The number of ether oxygens (including phenoxy) is 2. The molecule has 2 atom stereocenters. The third-order valence-corrected chi connectivity index (χ3v) is 4.09. The Labute approximate surface area is 129 Å². The van der Waals surface area contributed by atoms with Crippen LogP contribution in [0, 0.1) is 5.92 Å². The second kappa shape index (κ2) is 7.86. The normalized spacial score (nSPS) is 14.2. The number of hydrogen-bond donors (Lipinski definition) is 2. The average Bonchev–Trinajstić information content (AvgIpc) is 2.44. The van der Waals surface area contributed by atoms with Gasteiger partial charge in [0.1, 0.15) is 16.0 Å². The Morgan fingerprint density at radius 2 is 1.65 bits per heavy atom. The lowest BCUT2D eigenvalue weighted by Crippen LogP contribution is -2.26. The van der Waals surface area contributed by atoms with E-state index in [1.54, 1.807) is 14.2 Å². The molecule has 0 aliphatic carbocycles. The van der Waals surface area contributed by atoms with Crippen LogP contribution in [-0.4, -0.2) is 25.4 Å². The number of nitrogens with two attached hydrogens (primary N) is 1. The molecule has 0 saturated carbocycles. The smallest absolute Gasteiger partial charge is 0.137 e. The van der Waals surface area contributed by atoms with Crippen LogP contribution in [0.2, 0.25) is 0 Å². The van der Waals surface area contributed by atoms with Crippen LogP contribution in [0.1, 0.15) is 38.3 Å². The first kappa shape index (κ1) is 17.3. The molecular weight excluding hydrogens is 322 g/mol. The molecular formula is C15H24BrNO3. The van der Waals surface area contributed by atoms with E-state index in [4.69, 9.17) is 15.2 Å². The van der Waals surface area contributed by atoms with Gasteiger partial charge in [0, 0.05) is 0 Å². The molecule has 20 heavy (non-hydrogen) atoms. The summed E-state index contributed by atoms with van der Waals surface area (Å²) in [7, 11) is 3.17. The fourth-order valence-electron chi connectivity index (χ4n) is 1.99. The van der Waals surface area contributed by atoms with Gasteiger partial charge < -0.3 is 20.3 Å². The maximum Gasteiger partial charge on any atom is 0.137 e. The lowest BCUT2D eigenvalue weighted by molar-refractivity contribution is 0.128. The molecule has 0 aliphatic heterocycles. The van der Waals surface area contributed by atoms with E-state index in [1.807, 2.05) is 12.1 Å². The molecule has 114 valence electrons. The summed E-state index contributed by atoms with van der Waals surface area (Å²) >= 11 is 3.42. The Morgan fingerprint density at radius 3 is 2.05 bits per heavy atom. The van der Waals surface area contributed by atoms with Crippen LogP contribution in [0.5, 0.6) is 11.5 Å². The van der Waals surface area contributed by atoms with Gasteiger partial charge in [0.25, 0.3) is 0 Å². The zero-order valence-corrected chi connectivity index (χ0v) is 14.1. The van der Waals surface area contributed by atoms with E-state index in [0.717, 1.165) is 16.5 Å². The Hall–Kier alpha value is -0.780. The summed E-state index contributed by atoms with van der Waals surface area (Å²) in [5.74, 6) is 1.84. The van der Waals surface area contributed by atoms with Gasteiger partial charge in [0.2, 0.25) is 0 Å². The lowest BCUT2D eigenvalue weighted by Gasteiger charge is -2.21. The van der Waals surface area contributed by atoms with Crippen LogP contribution in [-0.2, 0) is 0 Å². The predicted octanol–water partition coefficient (Wildman–Crippen LogP) is 3.26. The van der Waals surface area contributed by atoms with Crippen molar-refractivity contribution in [1.29, 1.82) is 0 Å². The first-order chi connectivity index (χ1) is 9.40. The van der Waals surface area contributed by atoms with E-state index in [9.17, 15) is 5.11 Å². The Bertz CT molecular complexity index is 412. The van der Waals surface area contributed by atoms with Gasteiger partial charge in [-0.25, -0.2) is 0 Å². The van der Waals surface area contributed by atoms with Crippen molar-refractivity contribution in [1.82, 2.24) is 0 Å². The van der Waals surface area contributed by atoms with E-state index in [1.165, 1.54) is 0 Å². The molecule has 1 aromatic rings. The molecule has 0 saturated heterocycles. The molecule has 0 radical (unpaired) electrons. The lowest BCUT2D eigenvalue weighted by atomic mass is 9.96. The van der Waals surface area contributed by atoms with Crippen LogP contribution in [0.15, 0.2) is 16.6 Å². The van der Waals surface area contributed by atoms with Crippen LogP contribution in [0.3, 0.4) is 0 Å². The third-order valence-electron chi connectivity index (χ3n) is 3.31. The van der Waals surface area contributed by atoms with Crippen molar-refractivity contribution in [2.45, 2.75) is 38.8 Å². The van der Waals surface area contributed by atoms with Crippen LogP contribution in [0.25, 0.3) is 0 Å². The molecule has 4 nitrogen and oxygen atoms in total. The van der Waals surface area contributed by atoms with Crippen molar-refractivity contribution in [2.24, 2.45) is 11.7 Å². The van der Waals surface area contributed by atoms with Gasteiger partial charge in [-0.3, -0.25) is 0 Å². The van der Waals surface area contributed by atoms with Crippen molar-refractivity contribution < 1.29 is 14.6 Å². The van der Waals surface area contributed by atoms with Crippen LogP contribution < -0.4 is 15.2 Å². The Kier molecular flexibility index (Phi) is 6.79. The maximum absolute atomic E-state index is 10.2. The molecule has 0 bridgehead atoms. The number of aliphatic hydroxyl groups excluding tert-OH is 1. The SMILES string of the molecule is COc1cc([C@@H](N)[C@@H](O)CCC(C)C)cc(OC)c1Br. The quantitative estimate of drug-likeness (QED) is 0.795. The molecule has 3 N–H and O–H groups in total. The standard InChI is InChI=1S/C15H24BrNO3/c1-9(2)5-6-11(18)15(17)10-7-12(19-3)14(16)13(8-10)20-4/h7-9,11,15,18H,5-6,17H2,1-4H3/t11-,15+/m0/s1. The van der Waals surface area contributed by atoms with E-state index in [-0.39, 0.29) is 0 Å². The monoisotopic (exact) mass is 345 g/mol. The minimum absolute atomic E-state index is 0.454. The van der Waals surface area contributed by atoms with E-state index in [0.29, 0.717) is 23.8 Å². The second-order valence-corrected chi connectivity index (χ2v) is 6.10. The number of halogens is 1. The number of rotatable bonds is 7. The number of aliphatic hydroxyl groups is 1. The highest BCUT2D eigenvalue weighted by Crippen LogP contribution is 2.37. The third kappa shape index (κ3) is 4.36. The molecule has 0 spiro atoms. The molecule has 1 aromatic carbocycles. The minimum Gasteiger partial charge on any atom is -0.495 e. The van der Waals surface area contributed by atoms with Gasteiger partial charge in [-0.05, 0) is 52.4 Å². The molecule has 0 aromatic heterocycles. The highest BCUT2D eigenvalue weighted by atomic mass is 79.9. The maximum atomic E-state index is 10.2. The van der Waals surface area contributed by atoms with Crippen molar-refractivity contribution >= 4 is 15.9 Å². The molecule has 0 amide bonds. The van der Waals surface area contributed by atoms with Gasteiger partial charge in [-0.1, -0.05) is 13.8 Å². The Morgan fingerprint density at radius 1 is 1.15 bits per heavy atom. The van der Waals surface area contributed by atoms with Crippen LogP contribution >= 0.6 is 15.9 Å². The highest BCUT2D eigenvalue weighted by molar-refractivity contribution is 9.10. The van der Waals surface area contributed by atoms with Crippen molar-refractivity contribution in [2.75, 3.05) is 14.2 Å². The summed E-state index contributed by atoms with van der Waals surface area (Å²) in [6, 6.07) is 3.20. The molecule has 0 fully saturated rings. The number of methoxy groups -OCH3 is 2. The molecule has 5 heteroatoms.